The fraction of sp³-hybridized carbons (Fsp3) is 0.923. The Hall–Kier alpha value is -0.650. The highest BCUT2D eigenvalue weighted by atomic mass is 16.5. The molecule has 0 saturated heterocycles. The monoisotopic (exact) mass is 257 g/mol. The molecular weight excluding hydrogens is 230 g/mol. The summed E-state index contributed by atoms with van der Waals surface area (Å²) in [4.78, 5) is 14.1. The van der Waals surface area contributed by atoms with Crippen molar-refractivity contribution in [3.63, 3.8) is 0 Å². The summed E-state index contributed by atoms with van der Waals surface area (Å²) in [5.41, 5.74) is 5.48. The second-order valence-electron chi connectivity index (χ2n) is 5.27. The van der Waals surface area contributed by atoms with Gasteiger partial charge in [-0.2, -0.15) is 0 Å². The van der Waals surface area contributed by atoms with Crippen molar-refractivity contribution in [3.8, 4) is 0 Å². The van der Waals surface area contributed by atoms with Crippen LogP contribution in [0.5, 0.6) is 0 Å². The van der Waals surface area contributed by atoms with Crippen LogP contribution in [0.15, 0.2) is 0 Å². The van der Waals surface area contributed by atoms with Gasteiger partial charge in [-0.25, -0.2) is 0 Å². The first-order valence-electron chi connectivity index (χ1n) is 6.83. The Labute approximate surface area is 110 Å². The molecule has 0 aromatic carbocycles. The van der Waals surface area contributed by atoms with E-state index in [9.17, 15) is 4.79 Å². The number of rotatable bonds is 8. The maximum Gasteiger partial charge on any atom is 0.240 e. The molecule has 5 heteroatoms. The van der Waals surface area contributed by atoms with E-state index in [0.717, 1.165) is 51.8 Å². The third kappa shape index (κ3) is 4.92. The lowest BCUT2D eigenvalue weighted by Crippen LogP contribution is -2.52. The lowest BCUT2D eigenvalue weighted by Gasteiger charge is -2.22. The number of methoxy groups -OCH3 is 1. The van der Waals surface area contributed by atoms with Crippen LogP contribution in [0.2, 0.25) is 0 Å². The van der Waals surface area contributed by atoms with Gasteiger partial charge in [-0.3, -0.25) is 4.79 Å². The van der Waals surface area contributed by atoms with Gasteiger partial charge in [-0.1, -0.05) is 12.8 Å². The number of hydrogen-bond acceptors (Lipinski definition) is 4. The predicted molar refractivity (Wildman–Crippen MR) is 72.4 cm³/mol. The molecule has 1 amide bonds. The predicted octanol–water partition coefficient (Wildman–Crippen LogP) is 0.342. The van der Waals surface area contributed by atoms with E-state index in [-0.39, 0.29) is 5.91 Å². The molecule has 0 unspecified atom stereocenters. The molecule has 0 aliphatic heterocycles. The van der Waals surface area contributed by atoms with Crippen LogP contribution >= 0.6 is 0 Å². The van der Waals surface area contributed by atoms with E-state index >= 15 is 0 Å². The second-order valence-corrected chi connectivity index (χ2v) is 5.27. The van der Waals surface area contributed by atoms with Gasteiger partial charge in [-0.05, 0) is 32.9 Å². The molecule has 1 aliphatic carbocycles. The fourth-order valence-corrected chi connectivity index (χ4v) is 2.32. The Morgan fingerprint density at radius 1 is 1.39 bits per heavy atom. The summed E-state index contributed by atoms with van der Waals surface area (Å²) in [7, 11) is 3.76. The summed E-state index contributed by atoms with van der Waals surface area (Å²) in [5.74, 6) is 0.0274. The van der Waals surface area contributed by atoms with Crippen molar-refractivity contribution in [3.05, 3.63) is 0 Å². The molecule has 0 spiro atoms. The number of ether oxygens (including phenoxy) is 1. The van der Waals surface area contributed by atoms with Crippen LogP contribution < -0.4 is 11.1 Å². The number of likely N-dealkylation sites (N-methyl/N-ethyl adjacent to an activating group) is 1. The Kier molecular flexibility index (Phi) is 6.60. The van der Waals surface area contributed by atoms with Crippen LogP contribution in [-0.2, 0) is 9.53 Å². The SMILES string of the molecule is COCCN(C)CCCNC(=O)C1(N)CCCC1. The minimum absolute atomic E-state index is 0.0274. The normalized spacial score (nSPS) is 18.2. The standard InChI is InChI=1S/C13H27N3O2/c1-16(10-11-18-2)9-5-8-15-12(17)13(14)6-3-4-7-13/h3-11,14H2,1-2H3,(H,15,17). The van der Waals surface area contributed by atoms with E-state index in [4.69, 9.17) is 10.5 Å². The van der Waals surface area contributed by atoms with Crippen molar-refractivity contribution in [1.29, 1.82) is 0 Å². The largest absolute Gasteiger partial charge is 0.383 e. The number of amides is 1. The maximum atomic E-state index is 11.9. The first-order valence-corrected chi connectivity index (χ1v) is 6.83. The van der Waals surface area contributed by atoms with Gasteiger partial charge in [0.05, 0.1) is 12.1 Å². The zero-order chi connectivity index (χ0) is 13.4. The molecule has 1 fully saturated rings. The summed E-state index contributed by atoms with van der Waals surface area (Å²) in [6.07, 6.45) is 4.74. The number of nitrogens with zero attached hydrogens (tertiary/aromatic N) is 1. The third-order valence-corrected chi connectivity index (χ3v) is 3.63. The fourth-order valence-electron chi connectivity index (χ4n) is 2.32. The second kappa shape index (κ2) is 7.71. The highest BCUT2D eigenvalue weighted by molar-refractivity contribution is 5.86. The van der Waals surface area contributed by atoms with Crippen LogP contribution in [0.1, 0.15) is 32.1 Å². The minimum Gasteiger partial charge on any atom is -0.383 e. The van der Waals surface area contributed by atoms with Crippen LogP contribution in [0, 0.1) is 0 Å². The van der Waals surface area contributed by atoms with Gasteiger partial charge in [0.2, 0.25) is 5.91 Å². The highest BCUT2D eigenvalue weighted by Crippen LogP contribution is 2.27. The van der Waals surface area contributed by atoms with E-state index in [1.54, 1.807) is 7.11 Å². The van der Waals surface area contributed by atoms with Gasteiger partial charge in [0, 0.05) is 20.2 Å². The van der Waals surface area contributed by atoms with Crippen molar-refractivity contribution in [1.82, 2.24) is 10.2 Å². The molecule has 1 saturated carbocycles. The van der Waals surface area contributed by atoms with Crippen LogP contribution in [0.25, 0.3) is 0 Å². The number of nitrogens with one attached hydrogen (secondary N) is 1. The molecule has 0 atom stereocenters. The van der Waals surface area contributed by atoms with Crippen molar-refractivity contribution in [2.24, 2.45) is 5.73 Å². The van der Waals surface area contributed by atoms with Crippen LogP contribution in [-0.4, -0.2) is 56.7 Å². The van der Waals surface area contributed by atoms with Crippen LogP contribution in [0.3, 0.4) is 0 Å². The Balaban J connectivity index is 2.08. The topological polar surface area (TPSA) is 67.6 Å². The van der Waals surface area contributed by atoms with E-state index in [2.05, 4.69) is 17.3 Å². The van der Waals surface area contributed by atoms with Gasteiger partial charge in [0.15, 0.2) is 0 Å². The molecular formula is C13H27N3O2. The molecule has 106 valence electrons. The van der Waals surface area contributed by atoms with E-state index in [1.165, 1.54) is 0 Å². The van der Waals surface area contributed by atoms with E-state index in [1.807, 2.05) is 0 Å². The van der Waals surface area contributed by atoms with Crippen molar-refractivity contribution >= 4 is 5.91 Å². The minimum atomic E-state index is -0.595. The van der Waals surface area contributed by atoms with Crippen LogP contribution in [0.4, 0.5) is 0 Å². The molecule has 5 nitrogen and oxygen atoms in total. The van der Waals surface area contributed by atoms with E-state index < -0.39 is 5.54 Å². The zero-order valence-electron chi connectivity index (χ0n) is 11.7. The van der Waals surface area contributed by atoms with Gasteiger partial charge in [0.1, 0.15) is 0 Å². The smallest absolute Gasteiger partial charge is 0.240 e. The van der Waals surface area contributed by atoms with E-state index in [0.29, 0.717) is 6.54 Å². The lowest BCUT2D eigenvalue weighted by molar-refractivity contribution is -0.126. The Morgan fingerprint density at radius 2 is 2.06 bits per heavy atom. The third-order valence-electron chi connectivity index (χ3n) is 3.63. The van der Waals surface area contributed by atoms with Gasteiger partial charge >= 0.3 is 0 Å². The highest BCUT2D eigenvalue weighted by Gasteiger charge is 2.36. The average Bonchev–Trinajstić information content (AvgIpc) is 2.80. The van der Waals surface area contributed by atoms with Crippen molar-refractivity contribution in [2.75, 3.05) is 40.4 Å². The van der Waals surface area contributed by atoms with Gasteiger partial charge in [-0.15, -0.1) is 0 Å². The molecule has 0 heterocycles. The van der Waals surface area contributed by atoms with Gasteiger partial charge in [0.25, 0.3) is 0 Å². The first kappa shape index (κ1) is 15.4. The first-order chi connectivity index (χ1) is 8.58. The molecule has 0 bridgehead atoms. The van der Waals surface area contributed by atoms with Gasteiger partial charge < -0.3 is 20.7 Å². The molecule has 0 aromatic heterocycles. The number of nitrogens with two attached hydrogens (primary N) is 1. The van der Waals surface area contributed by atoms with Crippen molar-refractivity contribution in [2.45, 2.75) is 37.6 Å². The molecule has 0 aromatic rings. The quantitative estimate of drug-likeness (QED) is 0.615. The summed E-state index contributed by atoms with van der Waals surface area (Å²) in [6, 6.07) is 0. The Bertz CT molecular complexity index is 253. The van der Waals surface area contributed by atoms with Crippen molar-refractivity contribution < 1.29 is 9.53 Å². The molecule has 0 radical (unpaired) electrons. The lowest BCUT2D eigenvalue weighted by atomic mass is 9.98. The summed E-state index contributed by atoms with van der Waals surface area (Å²) in [5, 5.41) is 2.95. The summed E-state index contributed by atoms with van der Waals surface area (Å²) < 4.78 is 5.01. The molecule has 1 rings (SSSR count). The summed E-state index contributed by atoms with van der Waals surface area (Å²) >= 11 is 0. The number of carbonyl (C=O) groups is 1. The zero-order valence-corrected chi connectivity index (χ0v) is 11.7. The molecule has 3 N–H and O–H groups in total. The maximum absolute atomic E-state index is 11.9. The molecule has 18 heavy (non-hydrogen) atoms. The number of hydrogen-bond donors (Lipinski definition) is 2. The number of carbonyl (C=O) groups excluding carboxylic acids is 1. The Morgan fingerprint density at radius 3 is 2.67 bits per heavy atom. The molecule has 1 aliphatic rings. The summed E-state index contributed by atoms with van der Waals surface area (Å²) in [6.45, 7) is 3.33. The average molecular weight is 257 g/mol.